The van der Waals surface area contributed by atoms with Gasteiger partial charge < -0.3 is 24.8 Å². The van der Waals surface area contributed by atoms with Crippen molar-refractivity contribution in [1.29, 1.82) is 0 Å². The van der Waals surface area contributed by atoms with Gasteiger partial charge in [0.25, 0.3) is 0 Å². The normalized spacial score (nSPS) is 18.5. The minimum Gasteiger partial charge on any atom is -0.444 e. The van der Waals surface area contributed by atoms with Gasteiger partial charge in [0, 0.05) is 33.4 Å². The quantitative estimate of drug-likeness (QED) is 0.402. The third-order valence-electron chi connectivity index (χ3n) is 4.91. The first kappa shape index (κ1) is 26.0. The van der Waals surface area contributed by atoms with E-state index in [0.29, 0.717) is 13.0 Å². The number of likely N-dealkylation sites (tertiary alicyclic amines) is 1. The molecule has 0 radical (unpaired) electrons. The summed E-state index contributed by atoms with van der Waals surface area (Å²) < 4.78 is 5.15. The number of nitrogens with zero attached hydrogens (tertiary/aromatic N) is 1. The zero-order chi connectivity index (χ0) is 24.1. The third-order valence-corrected chi connectivity index (χ3v) is 5.15. The van der Waals surface area contributed by atoms with Gasteiger partial charge in [-0.25, -0.2) is 4.79 Å². The van der Waals surface area contributed by atoms with Crippen molar-refractivity contribution in [3.8, 4) is 0 Å². The number of nitrogens with one attached hydrogen (secondary N) is 1. The summed E-state index contributed by atoms with van der Waals surface area (Å²) in [6, 6.07) is 12.3. The van der Waals surface area contributed by atoms with Gasteiger partial charge in [-0.2, -0.15) is 0 Å². The maximum Gasteiger partial charge on any atom is 0.410 e. The molecule has 1 fully saturated rings. The van der Waals surface area contributed by atoms with Gasteiger partial charge in [-0.1, -0.05) is 37.1 Å². The summed E-state index contributed by atoms with van der Waals surface area (Å²) in [5.41, 5.74) is 3.04. The van der Waals surface area contributed by atoms with Gasteiger partial charge >= 0.3 is 6.09 Å². The number of H-pyrrole nitrogens is 1. The Morgan fingerprint density at radius 1 is 1.06 bits per heavy atom. The van der Waals surface area contributed by atoms with Crippen molar-refractivity contribution in [3.05, 3.63) is 47.0 Å². The number of carbonyl (C=O) groups is 1. The first-order valence-electron chi connectivity index (χ1n) is 11.0. The molecule has 2 unspecified atom stereocenters. The average molecular weight is 463 g/mol. The molecule has 0 aliphatic carbocycles. The van der Waals surface area contributed by atoms with Crippen LogP contribution in [0.15, 0.2) is 36.4 Å². The van der Waals surface area contributed by atoms with Gasteiger partial charge in [-0.15, -0.1) is 0 Å². The fraction of sp³-hybridized carbons (Fsp3) is 0.480. The lowest BCUT2D eigenvalue weighted by Gasteiger charge is -2.34. The summed E-state index contributed by atoms with van der Waals surface area (Å²) in [5.74, 6) is 0. The van der Waals surface area contributed by atoms with Crippen LogP contribution in [0.3, 0.4) is 0 Å². The summed E-state index contributed by atoms with van der Waals surface area (Å²) in [7, 11) is 0. The second kappa shape index (κ2) is 11.0. The van der Waals surface area contributed by atoms with Crippen LogP contribution in [0.5, 0.6) is 0 Å². The van der Waals surface area contributed by atoms with E-state index in [2.05, 4.69) is 30.1 Å². The molecule has 0 bridgehead atoms. The van der Waals surface area contributed by atoms with Crippen LogP contribution < -0.4 is 0 Å². The fourth-order valence-corrected chi connectivity index (χ4v) is 3.57. The van der Waals surface area contributed by atoms with E-state index < -0.39 is 23.9 Å². The summed E-state index contributed by atoms with van der Waals surface area (Å²) in [4.78, 5) is 16.4. The number of benzene rings is 2. The van der Waals surface area contributed by atoms with Gasteiger partial charge in [0.15, 0.2) is 0 Å². The Bertz CT molecular complexity index is 985. The highest BCUT2D eigenvalue weighted by atomic mass is 35.5. The van der Waals surface area contributed by atoms with E-state index in [-0.39, 0.29) is 6.54 Å². The zero-order valence-corrected chi connectivity index (χ0v) is 20.5. The van der Waals surface area contributed by atoms with Gasteiger partial charge in [0.1, 0.15) is 5.60 Å². The zero-order valence-electron chi connectivity index (χ0n) is 19.8. The molecule has 0 saturated carbocycles. The molecule has 1 amide bonds. The number of β-amino-alcohol motifs (C(OH)–C–C–N with tert-alkyl or cyclic N) is 1. The Kier molecular flexibility index (Phi) is 8.96. The first-order chi connectivity index (χ1) is 15.0. The number of hydrogen-bond acceptors (Lipinski definition) is 4. The molecule has 32 heavy (non-hydrogen) atoms. The molecule has 176 valence electrons. The lowest BCUT2D eigenvalue weighted by molar-refractivity contribution is -0.0468. The molecule has 2 heterocycles. The van der Waals surface area contributed by atoms with Crippen molar-refractivity contribution in [2.45, 2.75) is 65.8 Å². The number of aromatic nitrogens is 1. The van der Waals surface area contributed by atoms with E-state index in [4.69, 9.17) is 16.3 Å². The summed E-state index contributed by atoms with van der Waals surface area (Å²) in [6.45, 7) is 12.0. The van der Waals surface area contributed by atoms with Gasteiger partial charge in [0.2, 0.25) is 0 Å². The van der Waals surface area contributed by atoms with E-state index in [1.165, 1.54) is 21.2 Å². The number of hydrogen-bond donors (Lipinski definition) is 3. The predicted molar refractivity (Wildman–Crippen MR) is 131 cm³/mol. The SMILES string of the molecule is CC.CC(C)(C)OC(=O)N1CCC(O)C(O)C1.Cc1ccc2[nH]c3ccc(Cl)cc3c2c1. The monoisotopic (exact) mass is 462 g/mol. The van der Waals surface area contributed by atoms with Crippen molar-refractivity contribution < 1.29 is 19.7 Å². The highest BCUT2D eigenvalue weighted by molar-refractivity contribution is 6.31. The van der Waals surface area contributed by atoms with Crippen LogP contribution in [0.1, 0.15) is 46.6 Å². The number of aliphatic hydroxyl groups excluding tert-OH is 2. The Balaban J connectivity index is 0.000000211. The molecule has 6 nitrogen and oxygen atoms in total. The highest BCUT2D eigenvalue weighted by Crippen LogP contribution is 2.28. The molecule has 3 N–H and O–H groups in total. The standard InChI is InChI=1S/C13H10ClN.C10H19NO4.C2H6/c1-8-2-4-12-10(6-8)11-7-9(14)3-5-13(11)15-12;1-10(2,3)15-9(14)11-5-4-7(12)8(13)6-11;1-2/h2-7,15H,1H3;7-8,12-13H,4-6H2,1-3H3;1-2H3. The van der Waals surface area contributed by atoms with Crippen molar-refractivity contribution in [2.24, 2.45) is 0 Å². The molecule has 2 atom stereocenters. The number of halogens is 1. The van der Waals surface area contributed by atoms with Crippen LogP contribution in [-0.2, 0) is 4.74 Å². The van der Waals surface area contributed by atoms with Crippen LogP contribution in [0.25, 0.3) is 21.8 Å². The molecule has 2 aromatic carbocycles. The van der Waals surface area contributed by atoms with Gasteiger partial charge in [0.05, 0.1) is 18.8 Å². The van der Waals surface area contributed by atoms with Gasteiger partial charge in [-0.3, -0.25) is 0 Å². The summed E-state index contributed by atoms with van der Waals surface area (Å²) >= 11 is 6.00. The minimum absolute atomic E-state index is 0.135. The first-order valence-corrected chi connectivity index (χ1v) is 11.4. The minimum atomic E-state index is -0.869. The molecule has 1 aliphatic rings. The molecule has 1 aromatic heterocycles. The largest absolute Gasteiger partial charge is 0.444 e. The molecule has 7 heteroatoms. The van der Waals surface area contributed by atoms with E-state index in [1.54, 1.807) is 20.8 Å². The predicted octanol–water partition coefficient (Wildman–Crippen LogP) is 5.66. The molecular weight excluding hydrogens is 428 g/mol. The second-order valence-corrected chi connectivity index (χ2v) is 9.15. The lowest BCUT2D eigenvalue weighted by atomic mass is 10.1. The number of rotatable bonds is 0. The Morgan fingerprint density at radius 3 is 2.25 bits per heavy atom. The number of aromatic amines is 1. The maximum absolute atomic E-state index is 11.6. The molecule has 1 aliphatic heterocycles. The van der Waals surface area contributed by atoms with E-state index in [1.807, 2.05) is 32.0 Å². The molecule has 4 rings (SSSR count). The highest BCUT2D eigenvalue weighted by Gasteiger charge is 2.31. The molecule has 1 saturated heterocycles. The van der Waals surface area contributed by atoms with E-state index >= 15 is 0 Å². The molecular formula is C25H35ClN2O4. The summed E-state index contributed by atoms with van der Waals surface area (Å²) in [6.07, 6.45) is -1.65. The van der Waals surface area contributed by atoms with Crippen molar-refractivity contribution in [3.63, 3.8) is 0 Å². The number of carbonyl (C=O) groups excluding carboxylic acids is 1. The topological polar surface area (TPSA) is 85.8 Å². The van der Waals surface area contributed by atoms with Crippen molar-refractivity contribution >= 4 is 39.5 Å². The Labute approximate surface area is 195 Å². The van der Waals surface area contributed by atoms with Crippen LogP contribution in [0, 0.1) is 6.92 Å². The average Bonchev–Trinajstić information content (AvgIpc) is 3.08. The van der Waals surface area contributed by atoms with Crippen molar-refractivity contribution in [1.82, 2.24) is 9.88 Å². The smallest absolute Gasteiger partial charge is 0.410 e. The maximum atomic E-state index is 11.6. The summed E-state index contributed by atoms with van der Waals surface area (Å²) in [5, 5.41) is 21.9. The molecule has 0 spiro atoms. The number of aliphatic hydroxyl groups is 2. The van der Waals surface area contributed by atoms with Crippen LogP contribution in [-0.4, -0.2) is 57.1 Å². The van der Waals surface area contributed by atoms with Crippen LogP contribution >= 0.6 is 11.6 Å². The number of amides is 1. The van der Waals surface area contributed by atoms with Crippen LogP contribution in [0.4, 0.5) is 4.79 Å². The number of piperidine rings is 1. The third kappa shape index (κ3) is 6.86. The van der Waals surface area contributed by atoms with E-state index in [9.17, 15) is 15.0 Å². The van der Waals surface area contributed by atoms with Crippen LogP contribution in [0.2, 0.25) is 5.02 Å². The van der Waals surface area contributed by atoms with Crippen molar-refractivity contribution in [2.75, 3.05) is 13.1 Å². The Hall–Kier alpha value is -2.28. The second-order valence-electron chi connectivity index (χ2n) is 8.71. The fourth-order valence-electron chi connectivity index (χ4n) is 3.39. The lowest BCUT2D eigenvalue weighted by Crippen LogP contribution is -2.50. The number of ether oxygens (including phenoxy) is 1. The number of fused-ring (bicyclic) bond motifs is 3. The van der Waals surface area contributed by atoms with E-state index in [0.717, 1.165) is 16.1 Å². The molecule has 3 aromatic rings. The number of aryl methyl sites for hydroxylation is 1. The Morgan fingerprint density at radius 2 is 1.66 bits per heavy atom. The van der Waals surface area contributed by atoms with Gasteiger partial charge in [-0.05, 0) is 64.4 Å².